The second-order valence-electron chi connectivity index (χ2n) is 7.98. The van der Waals surface area contributed by atoms with Crippen molar-refractivity contribution >= 4 is 17.1 Å². The number of anilines is 1. The Morgan fingerprint density at radius 3 is 2.40 bits per heavy atom. The lowest BCUT2D eigenvalue weighted by Gasteiger charge is -2.41. The number of fused-ring (bicyclic) bond motifs is 3. The number of carbonyl (C=O) groups excluding carboxylic acids is 1. The summed E-state index contributed by atoms with van der Waals surface area (Å²) >= 11 is 0. The van der Waals surface area contributed by atoms with Crippen molar-refractivity contribution in [1.82, 2.24) is 9.38 Å². The molecule has 2 atom stereocenters. The Kier molecular flexibility index (Phi) is 4.22. The van der Waals surface area contributed by atoms with Gasteiger partial charge in [0, 0.05) is 23.9 Å². The molecular weight excluding hydrogens is 374 g/mol. The van der Waals surface area contributed by atoms with Gasteiger partial charge in [-0.05, 0) is 31.0 Å². The smallest absolute Gasteiger partial charge is 0.199 e. The molecule has 2 aromatic carbocycles. The molecule has 1 aliphatic rings. The van der Waals surface area contributed by atoms with Gasteiger partial charge in [-0.2, -0.15) is 0 Å². The molecule has 5 rings (SSSR count). The van der Waals surface area contributed by atoms with E-state index >= 15 is 0 Å². The fraction of sp³-hybridized carbons (Fsp3) is 0.200. The quantitative estimate of drug-likeness (QED) is 0.542. The summed E-state index contributed by atoms with van der Waals surface area (Å²) in [5.74, 6) is -0.283. The highest BCUT2D eigenvalue weighted by atomic mass is 16.3. The third kappa shape index (κ3) is 2.74. The van der Waals surface area contributed by atoms with Crippen LogP contribution in [0.5, 0.6) is 0 Å². The maximum atomic E-state index is 13.7. The number of nitrogens with one attached hydrogen (secondary N) is 1. The molecule has 2 aromatic heterocycles. The number of aliphatic hydroxyl groups is 1. The number of aryl methyl sites for hydroxylation is 2. The Morgan fingerprint density at radius 1 is 1.03 bits per heavy atom. The number of aromatic nitrogens is 2. The third-order valence-corrected chi connectivity index (χ3v) is 6.12. The highest BCUT2D eigenvalue weighted by Crippen LogP contribution is 2.43. The molecule has 1 aliphatic heterocycles. The molecule has 0 saturated carbocycles. The molecule has 2 N–H and O–H groups in total. The van der Waals surface area contributed by atoms with E-state index in [0.717, 1.165) is 22.5 Å². The summed E-state index contributed by atoms with van der Waals surface area (Å²) in [4.78, 5) is 18.4. The van der Waals surface area contributed by atoms with E-state index in [-0.39, 0.29) is 12.2 Å². The highest BCUT2D eigenvalue weighted by Gasteiger charge is 2.49. The number of imidazole rings is 1. The van der Waals surface area contributed by atoms with Gasteiger partial charge in [-0.25, -0.2) is 4.98 Å². The van der Waals surface area contributed by atoms with Gasteiger partial charge in [0.1, 0.15) is 0 Å². The van der Waals surface area contributed by atoms with Crippen molar-refractivity contribution in [2.45, 2.75) is 31.9 Å². The Hall–Kier alpha value is -3.44. The summed E-state index contributed by atoms with van der Waals surface area (Å²) in [6, 6.07) is 20.5. The molecular formula is C25H23N3O2. The minimum absolute atomic E-state index is 0.219. The van der Waals surface area contributed by atoms with Crippen molar-refractivity contribution in [2.24, 2.45) is 0 Å². The average Bonchev–Trinajstić information content (AvgIpc) is 3.06. The van der Waals surface area contributed by atoms with Crippen LogP contribution in [0.25, 0.3) is 5.65 Å². The number of nitrogens with zero attached hydrogens (tertiary/aromatic N) is 2. The average molecular weight is 397 g/mol. The molecule has 0 amide bonds. The van der Waals surface area contributed by atoms with Crippen LogP contribution in [0.2, 0.25) is 0 Å². The Labute approximate surface area is 175 Å². The molecule has 5 heteroatoms. The topological polar surface area (TPSA) is 66.6 Å². The van der Waals surface area contributed by atoms with E-state index in [9.17, 15) is 9.90 Å². The number of benzene rings is 2. The maximum Gasteiger partial charge on any atom is 0.199 e. The van der Waals surface area contributed by atoms with Gasteiger partial charge < -0.3 is 14.8 Å². The van der Waals surface area contributed by atoms with Crippen LogP contribution in [0.4, 0.5) is 5.69 Å². The molecule has 0 saturated heterocycles. The van der Waals surface area contributed by atoms with E-state index < -0.39 is 11.6 Å². The first kappa shape index (κ1) is 18.6. The molecule has 0 radical (unpaired) electrons. The van der Waals surface area contributed by atoms with E-state index in [4.69, 9.17) is 0 Å². The van der Waals surface area contributed by atoms with E-state index in [2.05, 4.69) is 10.3 Å². The number of ketones is 1. The predicted octanol–water partition coefficient (Wildman–Crippen LogP) is 4.27. The molecule has 3 heterocycles. The molecule has 2 unspecified atom stereocenters. The summed E-state index contributed by atoms with van der Waals surface area (Å²) in [5, 5.41) is 15.3. The highest BCUT2D eigenvalue weighted by molar-refractivity contribution is 6.11. The van der Waals surface area contributed by atoms with Crippen molar-refractivity contribution in [3.05, 3.63) is 101 Å². The molecule has 0 spiro atoms. The molecule has 30 heavy (non-hydrogen) atoms. The van der Waals surface area contributed by atoms with Gasteiger partial charge in [0.2, 0.25) is 0 Å². The Balaban J connectivity index is 1.71. The Morgan fingerprint density at radius 2 is 1.70 bits per heavy atom. The zero-order valence-electron chi connectivity index (χ0n) is 17.0. The monoisotopic (exact) mass is 397 g/mol. The van der Waals surface area contributed by atoms with Crippen LogP contribution in [0.15, 0.2) is 72.9 Å². The first-order chi connectivity index (χ1) is 14.5. The SMILES string of the molecule is Cc1nc2c3c(ccn2c1C)C(=O)C(O)(Cc1ccccc1)C(c1ccccc1)N3. The van der Waals surface area contributed by atoms with E-state index in [0.29, 0.717) is 16.9 Å². The first-order valence-electron chi connectivity index (χ1n) is 10.1. The summed E-state index contributed by atoms with van der Waals surface area (Å²) in [7, 11) is 0. The zero-order valence-corrected chi connectivity index (χ0v) is 17.0. The lowest BCUT2D eigenvalue weighted by atomic mass is 9.75. The lowest BCUT2D eigenvalue weighted by Crippen LogP contribution is -2.52. The van der Waals surface area contributed by atoms with Gasteiger partial charge in [-0.1, -0.05) is 60.7 Å². The van der Waals surface area contributed by atoms with E-state index in [1.165, 1.54) is 0 Å². The van der Waals surface area contributed by atoms with Crippen LogP contribution in [0, 0.1) is 13.8 Å². The van der Waals surface area contributed by atoms with Crippen LogP contribution >= 0.6 is 0 Å². The molecule has 0 aliphatic carbocycles. The van der Waals surface area contributed by atoms with Gasteiger partial charge in [0.05, 0.1) is 17.4 Å². The summed E-state index contributed by atoms with van der Waals surface area (Å²) in [5.41, 5.74) is 3.94. The van der Waals surface area contributed by atoms with Crippen molar-refractivity contribution in [1.29, 1.82) is 0 Å². The first-order valence-corrected chi connectivity index (χ1v) is 10.1. The summed E-state index contributed by atoms with van der Waals surface area (Å²) in [6.45, 7) is 3.96. The summed E-state index contributed by atoms with van der Waals surface area (Å²) in [6.07, 6.45) is 2.07. The van der Waals surface area contributed by atoms with Gasteiger partial charge in [0.25, 0.3) is 0 Å². The normalized spacial score (nSPS) is 20.8. The number of Topliss-reactive ketones (excluding diaryl/α,β-unsaturated/α-hetero) is 1. The minimum atomic E-state index is -1.62. The second kappa shape index (κ2) is 6.82. The largest absolute Gasteiger partial charge is 0.379 e. The third-order valence-electron chi connectivity index (χ3n) is 6.12. The van der Waals surface area contributed by atoms with E-state index in [1.807, 2.05) is 85.1 Å². The molecule has 0 fully saturated rings. The molecule has 150 valence electrons. The number of rotatable bonds is 3. The van der Waals surface area contributed by atoms with Crippen LogP contribution in [-0.4, -0.2) is 25.9 Å². The van der Waals surface area contributed by atoms with Gasteiger partial charge in [0.15, 0.2) is 17.0 Å². The fourth-order valence-corrected chi connectivity index (χ4v) is 4.39. The van der Waals surface area contributed by atoms with Gasteiger partial charge in [-0.3, -0.25) is 4.79 Å². The van der Waals surface area contributed by atoms with Crippen molar-refractivity contribution in [3.8, 4) is 0 Å². The summed E-state index contributed by atoms with van der Waals surface area (Å²) < 4.78 is 1.98. The van der Waals surface area contributed by atoms with Gasteiger partial charge in [-0.15, -0.1) is 0 Å². The van der Waals surface area contributed by atoms with E-state index in [1.54, 1.807) is 6.07 Å². The van der Waals surface area contributed by atoms with Crippen LogP contribution < -0.4 is 5.32 Å². The number of pyridine rings is 1. The predicted molar refractivity (Wildman–Crippen MR) is 117 cm³/mol. The van der Waals surface area contributed by atoms with Crippen molar-refractivity contribution in [2.75, 3.05) is 5.32 Å². The Bertz CT molecular complexity index is 1250. The number of carbonyl (C=O) groups is 1. The second-order valence-corrected chi connectivity index (χ2v) is 7.98. The van der Waals surface area contributed by atoms with Gasteiger partial charge >= 0.3 is 0 Å². The van der Waals surface area contributed by atoms with Crippen LogP contribution in [0.3, 0.4) is 0 Å². The number of hydrogen-bond donors (Lipinski definition) is 2. The van der Waals surface area contributed by atoms with Crippen molar-refractivity contribution in [3.63, 3.8) is 0 Å². The van der Waals surface area contributed by atoms with Crippen LogP contribution in [0.1, 0.15) is 38.9 Å². The molecule has 0 bridgehead atoms. The molecule has 5 nitrogen and oxygen atoms in total. The lowest BCUT2D eigenvalue weighted by molar-refractivity contribution is 0.0191. The zero-order chi connectivity index (χ0) is 20.9. The number of hydrogen-bond acceptors (Lipinski definition) is 4. The standard InChI is InChI=1S/C25H23N3O2/c1-16-17(2)28-14-13-20-21(24(28)26-16)27-22(19-11-7-4-8-12-19)25(30,23(20)29)15-18-9-5-3-6-10-18/h3-14,22,27,30H,15H2,1-2H3. The van der Waals surface area contributed by atoms with Crippen molar-refractivity contribution < 1.29 is 9.90 Å². The fourth-order valence-electron chi connectivity index (χ4n) is 4.39. The van der Waals surface area contributed by atoms with Crippen LogP contribution in [-0.2, 0) is 6.42 Å². The maximum absolute atomic E-state index is 13.7. The minimum Gasteiger partial charge on any atom is -0.379 e. The molecule has 4 aromatic rings.